The molecule has 0 amide bonds. The second-order valence-corrected chi connectivity index (χ2v) is 10.7. The minimum Gasteiger partial charge on any atom is -0.347 e. The van der Waals surface area contributed by atoms with Crippen molar-refractivity contribution in [1.82, 2.24) is 4.57 Å². The van der Waals surface area contributed by atoms with Crippen LogP contribution in [0.25, 0.3) is 10.9 Å². The van der Waals surface area contributed by atoms with Crippen LogP contribution >= 0.6 is 7.26 Å². The standard InChI is InChI=1S/C27H23NP/c1-28-21-27(25-19-11-12-20-26(25)28)29(22-13-5-2-6-14-22,23-15-7-3-8-16-23)24-17-9-4-10-18-24/h2-21H,1H3/q+1. The summed E-state index contributed by atoms with van der Waals surface area (Å²) in [6, 6.07) is 41.9. The first kappa shape index (κ1) is 17.9. The lowest BCUT2D eigenvalue weighted by Gasteiger charge is -2.27. The lowest BCUT2D eigenvalue weighted by Crippen LogP contribution is -2.38. The molecule has 0 aliphatic heterocycles. The van der Waals surface area contributed by atoms with E-state index in [1.165, 1.54) is 32.1 Å². The van der Waals surface area contributed by atoms with Crippen molar-refractivity contribution in [3.8, 4) is 0 Å². The molecule has 1 heterocycles. The van der Waals surface area contributed by atoms with Crippen molar-refractivity contribution < 1.29 is 0 Å². The van der Waals surface area contributed by atoms with E-state index in [0.717, 1.165) is 0 Å². The third kappa shape index (κ3) is 2.82. The molecule has 0 spiro atoms. The number of aryl methyl sites for hydroxylation is 1. The number of hydrogen-bond donors (Lipinski definition) is 0. The van der Waals surface area contributed by atoms with Gasteiger partial charge in [0.2, 0.25) is 0 Å². The molecule has 0 N–H and O–H groups in total. The second kappa shape index (κ2) is 7.35. The molecule has 1 aromatic heterocycles. The Morgan fingerprint density at radius 3 is 1.41 bits per heavy atom. The van der Waals surface area contributed by atoms with Gasteiger partial charge in [-0.2, -0.15) is 0 Å². The van der Waals surface area contributed by atoms with Crippen LogP contribution in [0, 0.1) is 0 Å². The fraction of sp³-hybridized carbons (Fsp3) is 0.0370. The third-order valence-electron chi connectivity index (χ3n) is 5.67. The first-order valence-electron chi connectivity index (χ1n) is 9.92. The molecule has 0 bridgehead atoms. The van der Waals surface area contributed by atoms with Gasteiger partial charge in [0.05, 0.1) is 5.52 Å². The van der Waals surface area contributed by atoms with Gasteiger partial charge >= 0.3 is 0 Å². The highest BCUT2D eigenvalue weighted by atomic mass is 31.2. The maximum absolute atomic E-state index is 2.35. The van der Waals surface area contributed by atoms with E-state index in [-0.39, 0.29) is 0 Å². The van der Waals surface area contributed by atoms with Crippen LogP contribution in [-0.2, 0) is 7.05 Å². The number of rotatable bonds is 4. The summed E-state index contributed by atoms with van der Waals surface area (Å²) in [5, 5.41) is 6.90. The Hall–Kier alpha value is -3.15. The van der Waals surface area contributed by atoms with Crippen LogP contribution in [0.5, 0.6) is 0 Å². The molecule has 0 fully saturated rings. The zero-order valence-electron chi connectivity index (χ0n) is 16.4. The van der Waals surface area contributed by atoms with Crippen molar-refractivity contribution in [3.05, 3.63) is 121 Å². The lowest BCUT2D eigenvalue weighted by molar-refractivity contribution is 0.972. The Kier molecular flexibility index (Phi) is 4.54. The van der Waals surface area contributed by atoms with Crippen molar-refractivity contribution >= 4 is 39.4 Å². The third-order valence-corrected chi connectivity index (χ3v) is 9.97. The highest BCUT2D eigenvalue weighted by molar-refractivity contribution is 8.01. The quantitative estimate of drug-likeness (QED) is 0.387. The molecule has 1 nitrogen and oxygen atoms in total. The summed E-state index contributed by atoms with van der Waals surface area (Å²) < 4.78 is 2.27. The van der Waals surface area contributed by atoms with Crippen molar-refractivity contribution in [2.24, 2.45) is 7.05 Å². The van der Waals surface area contributed by atoms with E-state index in [1.54, 1.807) is 0 Å². The van der Waals surface area contributed by atoms with E-state index in [2.05, 4.69) is 133 Å². The van der Waals surface area contributed by atoms with Crippen LogP contribution < -0.4 is 21.2 Å². The van der Waals surface area contributed by atoms with Gasteiger partial charge in [-0.25, -0.2) is 0 Å². The van der Waals surface area contributed by atoms with Crippen LogP contribution in [0.2, 0.25) is 0 Å². The molecular weight excluding hydrogens is 369 g/mol. The Morgan fingerprint density at radius 2 is 0.931 bits per heavy atom. The molecule has 140 valence electrons. The smallest absolute Gasteiger partial charge is 0.146 e. The molecule has 0 aliphatic rings. The maximum atomic E-state index is 2.35. The average Bonchev–Trinajstić information content (AvgIpc) is 3.14. The molecule has 0 saturated heterocycles. The summed E-state index contributed by atoms with van der Waals surface area (Å²) >= 11 is 0. The number of aromatic nitrogens is 1. The Balaban J connectivity index is 1.99. The molecule has 0 radical (unpaired) electrons. The number of fused-ring (bicyclic) bond motifs is 1. The maximum Gasteiger partial charge on any atom is 0.146 e. The molecule has 29 heavy (non-hydrogen) atoms. The van der Waals surface area contributed by atoms with E-state index >= 15 is 0 Å². The Labute approximate surface area is 172 Å². The van der Waals surface area contributed by atoms with E-state index in [1.807, 2.05) is 0 Å². The van der Waals surface area contributed by atoms with Crippen LogP contribution in [0.1, 0.15) is 0 Å². The molecule has 2 heteroatoms. The topological polar surface area (TPSA) is 4.93 Å². The summed E-state index contributed by atoms with van der Waals surface area (Å²) in [4.78, 5) is 0. The van der Waals surface area contributed by atoms with Crippen molar-refractivity contribution in [3.63, 3.8) is 0 Å². The second-order valence-electron chi connectivity index (χ2n) is 7.32. The van der Waals surface area contributed by atoms with Crippen LogP contribution in [0.3, 0.4) is 0 Å². The van der Waals surface area contributed by atoms with Crippen LogP contribution in [-0.4, -0.2) is 4.57 Å². The summed E-state index contributed by atoms with van der Waals surface area (Å²) in [5.41, 5.74) is 1.27. The Bertz CT molecular complexity index is 1140. The van der Waals surface area contributed by atoms with Gasteiger partial charge in [0.25, 0.3) is 0 Å². The first-order chi connectivity index (χ1) is 14.3. The number of benzene rings is 4. The number of nitrogens with zero attached hydrogens (tertiary/aromatic N) is 1. The van der Waals surface area contributed by atoms with E-state index < -0.39 is 7.26 Å². The van der Waals surface area contributed by atoms with Crippen molar-refractivity contribution in [2.75, 3.05) is 0 Å². The van der Waals surface area contributed by atoms with Gasteiger partial charge < -0.3 is 4.57 Å². The zero-order chi connectivity index (χ0) is 19.7. The van der Waals surface area contributed by atoms with Gasteiger partial charge in [-0.15, -0.1) is 0 Å². The predicted molar refractivity (Wildman–Crippen MR) is 128 cm³/mol. The highest BCUT2D eigenvalue weighted by Gasteiger charge is 2.49. The van der Waals surface area contributed by atoms with E-state index in [9.17, 15) is 0 Å². The SMILES string of the molecule is Cn1cc([P+](c2ccccc2)(c2ccccc2)c2ccccc2)c2ccccc21. The van der Waals surface area contributed by atoms with E-state index in [0.29, 0.717) is 0 Å². The van der Waals surface area contributed by atoms with Crippen LogP contribution in [0.4, 0.5) is 0 Å². The fourth-order valence-corrected chi connectivity index (χ4v) is 8.89. The molecule has 0 atom stereocenters. The minimum absolute atomic E-state index is 1.27. The molecule has 0 saturated carbocycles. The summed E-state index contributed by atoms with van der Waals surface area (Å²) in [5.74, 6) is 0. The largest absolute Gasteiger partial charge is 0.347 e. The molecule has 0 unspecified atom stereocenters. The summed E-state index contributed by atoms with van der Waals surface area (Å²) in [7, 11) is 0.103. The summed E-state index contributed by atoms with van der Waals surface area (Å²) in [6.45, 7) is 0. The van der Waals surface area contributed by atoms with Crippen molar-refractivity contribution in [2.45, 2.75) is 0 Å². The molecule has 5 rings (SSSR count). The van der Waals surface area contributed by atoms with Gasteiger partial charge in [-0.3, -0.25) is 0 Å². The monoisotopic (exact) mass is 392 g/mol. The normalized spacial score (nSPS) is 11.6. The van der Waals surface area contributed by atoms with Crippen LogP contribution in [0.15, 0.2) is 121 Å². The molecular formula is C27H23NP+. The zero-order valence-corrected chi connectivity index (χ0v) is 17.3. The number of hydrogen-bond acceptors (Lipinski definition) is 0. The molecule has 0 aliphatic carbocycles. The highest BCUT2D eigenvalue weighted by Crippen LogP contribution is 2.55. The van der Waals surface area contributed by atoms with Gasteiger partial charge in [-0.1, -0.05) is 66.7 Å². The first-order valence-corrected chi connectivity index (χ1v) is 11.7. The van der Waals surface area contributed by atoms with Gasteiger partial charge in [-0.05, 0) is 48.5 Å². The van der Waals surface area contributed by atoms with Crippen molar-refractivity contribution in [1.29, 1.82) is 0 Å². The fourth-order valence-electron chi connectivity index (χ4n) is 4.41. The van der Waals surface area contributed by atoms with E-state index in [4.69, 9.17) is 0 Å². The number of para-hydroxylation sites is 1. The van der Waals surface area contributed by atoms with Gasteiger partial charge in [0.15, 0.2) is 0 Å². The minimum atomic E-state index is -2.05. The Morgan fingerprint density at radius 1 is 0.517 bits per heavy atom. The lowest BCUT2D eigenvalue weighted by atomic mass is 10.2. The van der Waals surface area contributed by atoms with Gasteiger partial charge in [0.1, 0.15) is 28.5 Å². The molecule has 5 aromatic rings. The summed E-state index contributed by atoms with van der Waals surface area (Å²) in [6.07, 6.45) is 2.35. The van der Waals surface area contributed by atoms with Gasteiger partial charge in [0, 0.05) is 18.6 Å². The predicted octanol–water partition coefficient (Wildman–Crippen LogP) is 4.80. The molecule has 4 aromatic carbocycles. The average molecular weight is 392 g/mol.